The second-order valence-electron chi connectivity index (χ2n) is 4.84. The zero-order chi connectivity index (χ0) is 14.8. The summed E-state index contributed by atoms with van der Waals surface area (Å²) in [5, 5.41) is 0.617. The lowest BCUT2D eigenvalue weighted by atomic mass is 10.1. The lowest BCUT2D eigenvalue weighted by molar-refractivity contribution is -0.117. The Labute approximate surface area is 128 Å². The minimum absolute atomic E-state index is 0.0427. The molecule has 0 fully saturated rings. The number of halogens is 1. The van der Waals surface area contributed by atoms with Gasteiger partial charge in [-0.3, -0.25) is 9.79 Å². The summed E-state index contributed by atoms with van der Waals surface area (Å²) in [5.74, 6) is 0.0427. The third-order valence-electron chi connectivity index (χ3n) is 3.55. The van der Waals surface area contributed by atoms with Crippen molar-refractivity contribution in [3.8, 4) is 0 Å². The molecule has 1 aliphatic rings. The van der Waals surface area contributed by atoms with Crippen LogP contribution in [-0.2, 0) is 4.79 Å². The number of hydrogen-bond acceptors (Lipinski definition) is 2. The van der Waals surface area contributed by atoms with Gasteiger partial charge in [0.15, 0.2) is 0 Å². The molecule has 2 aromatic carbocycles. The van der Waals surface area contributed by atoms with E-state index in [1.807, 2.05) is 55.5 Å². The minimum atomic E-state index is 0.0427. The molecule has 0 radical (unpaired) electrons. The van der Waals surface area contributed by atoms with Crippen molar-refractivity contribution in [2.24, 2.45) is 4.99 Å². The molecular formula is C17H15ClN2O. The molecule has 2 aromatic rings. The highest BCUT2D eigenvalue weighted by atomic mass is 35.5. The first-order valence-corrected chi connectivity index (χ1v) is 7.30. The van der Waals surface area contributed by atoms with Gasteiger partial charge in [0, 0.05) is 17.1 Å². The van der Waals surface area contributed by atoms with Gasteiger partial charge >= 0.3 is 0 Å². The molecule has 0 unspecified atom stereocenters. The molecule has 1 aliphatic heterocycles. The van der Waals surface area contributed by atoms with E-state index < -0.39 is 0 Å². The van der Waals surface area contributed by atoms with Crippen molar-refractivity contribution in [2.75, 3.05) is 11.4 Å². The number of fused-ring (bicyclic) bond motifs is 1. The van der Waals surface area contributed by atoms with E-state index in [0.717, 1.165) is 16.9 Å². The van der Waals surface area contributed by atoms with Gasteiger partial charge in [-0.2, -0.15) is 0 Å². The number of nitrogens with zero attached hydrogens (tertiary/aromatic N) is 2. The fourth-order valence-corrected chi connectivity index (χ4v) is 2.79. The van der Waals surface area contributed by atoms with Crippen molar-refractivity contribution in [3.05, 3.63) is 59.1 Å². The Morgan fingerprint density at radius 3 is 2.62 bits per heavy atom. The van der Waals surface area contributed by atoms with Gasteiger partial charge in [0.2, 0.25) is 5.91 Å². The van der Waals surface area contributed by atoms with Gasteiger partial charge in [-0.15, -0.1) is 0 Å². The minimum Gasteiger partial charge on any atom is -0.310 e. The lowest BCUT2D eigenvalue weighted by Gasteiger charge is -2.20. The molecule has 21 heavy (non-hydrogen) atoms. The Hall–Kier alpha value is -2.13. The standard InChI is InChI=1S/C17H15ClN2O/c1-2-20-16-10-6-5-9-14(16)19-15(11-17(20)21)12-7-3-4-8-13(12)18/h3-10H,2,11H2,1H3. The van der Waals surface area contributed by atoms with Crippen LogP contribution in [0.2, 0.25) is 5.02 Å². The summed E-state index contributed by atoms with van der Waals surface area (Å²) >= 11 is 6.25. The second kappa shape index (κ2) is 5.70. The van der Waals surface area contributed by atoms with Crippen LogP contribution in [0, 0.1) is 0 Å². The Morgan fingerprint density at radius 2 is 1.86 bits per heavy atom. The number of anilines is 1. The first-order valence-electron chi connectivity index (χ1n) is 6.92. The van der Waals surface area contributed by atoms with Crippen molar-refractivity contribution < 1.29 is 4.79 Å². The molecule has 0 saturated heterocycles. The molecule has 3 nitrogen and oxygen atoms in total. The first-order chi connectivity index (χ1) is 10.2. The van der Waals surface area contributed by atoms with Crippen molar-refractivity contribution in [1.29, 1.82) is 0 Å². The Kier molecular flexibility index (Phi) is 3.76. The van der Waals surface area contributed by atoms with Crippen LogP contribution in [0.3, 0.4) is 0 Å². The van der Waals surface area contributed by atoms with Crippen LogP contribution >= 0.6 is 11.6 Å². The fraction of sp³-hybridized carbons (Fsp3) is 0.176. The number of para-hydroxylation sites is 2. The van der Waals surface area contributed by atoms with Crippen LogP contribution in [0.1, 0.15) is 18.9 Å². The number of benzene rings is 2. The van der Waals surface area contributed by atoms with E-state index in [2.05, 4.69) is 4.99 Å². The molecule has 1 amide bonds. The van der Waals surface area contributed by atoms with Gasteiger partial charge in [0.1, 0.15) is 0 Å². The van der Waals surface area contributed by atoms with Gasteiger partial charge in [0.05, 0.1) is 23.5 Å². The smallest absolute Gasteiger partial charge is 0.233 e. The summed E-state index contributed by atoms with van der Waals surface area (Å²) in [5.41, 5.74) is 3.20. The summed E-state index contributed by atoms with van der Waals surface area (Å²) in [6, 6.07) is 15.2. The quantitative estimate of drug-likeness (QED) is 0.817. The maximum atomic E-state index is 12.5. The summed E-state index contributed by atoms with van der Waals surface area (Å²) in [6.07, 6.45) is 0.256. The third-order valence-corrected chi connectivity index (χ3v) is 3.88. The molecule has 4 heteroatoms. The van der Waals surface area contributed by atoms with E-state index in [9.17, 15) is 4.79 Å². The van der Waals surface area contributed by atoms with Gasteiger partial charge < -0.3 is 4.90 Å². The average molecular weight is 299 g/mol. The number of carbonyl (C=O) groups excluding carboxylic acids is 1. The summed E-state index contributed by atoms with van der Waals surface area (Å²) < 4.78 is 0. The van der Waals surface area contributed by atoms with Crippen LogP contribution in [0.4, 0.5) is 11.4 Å². The molecule has 0 atom stereocenters. The monoisotopic (exact) mass is 298 g/mol. The zero-order valence-corrected chi connectivity index (χ0v) is 12.5. The molecule has 0 spiro atoms. The molecule has 3 rings (SSSR count). The van der Waals surface area contributed by atoms with E-state index in [-0.39, 0.29) is 12.3 Å². The SMILES string of the molecule is CCN1C(=O)CC(c2ccccc2Cl)=Nc2ccccc21. The van der Waals surface area contributed by atoms with E-state index in [4.69, 9.17) is 11.6 Å². The van der Waals surface area contributed by atoms with Gasteiger partial charge in [-0.1, -0.05) is 41.9 Å². The normalized spacial score (nSPS) is 14.5. The summed E-state index contributed by atoms with van der Waals surface area (Å²) in [7, 11) is 0. The van der Waals surface area contributed by atoms with Crippen molar-refractivity contribution in [2.45, 2.75) is 13.3 Å². The number of rotatable bonds is 2. The predicted molar refractivity (Wildman–Crippen MR) is 86.7 cm³/mol. The molecule has 0 bridgehead atoms. The largest absolute Gasteiger partial charge is 0.310 e. The topological polar surface area (TPSA) is 32.7 Å². The summed E-state index contributed by atoms with van der Waals surface area (Å²) in [6.45, 7) is 2.59. The van der Waals surface area contributed by atoms with Crippen LogP contribution < -0.4 is 4.90 Å². The lowest BCUT2D eigenvalue weighted by Crippen LogP contribution is -2.31. The van der Waals surface area contributed by atoms with E-state index in [1.165, 1.54) is 0 Å². The van der Waals surface area contributed by atoms with Crippen LogP contribution in [0.5, 0.6) is 0 Å². The van der Waals surface area contributed by atoms with E-state index >= 15 is 0 Å². The molecule has 1 heterocycles. The summed E-state index contributed by atoms with van der Waals surface area (Å²) in [4.78, 5) is 19.0. The van der Waals surface area contributed by atoms with Crippen LogP contribution in [0.15, 0.2) is 53.5 Å². The van der Waals surface area contributed by atoms with Gasteiger partial charge in [0.25, 0.3) is 0 Å². The highest BCUT2D eigenvalue weighted by Crippen LogP contribution is 2.33. The predicted octanol–water partition coefficient (Wildman–Crippen LogP) is 4.22. The maximum absolute atomic E-state index is 12.5. The molecule has 0 N–H and O–H groups in total. The third kappa shape index (κ3) is 2.57. The highest BCUT2D eigenvalue weighted by molar-refractivity contribution is 6.35. The Morgan fingerprint density at radius 1 is 1.14 bits per heavy atom. The molecule has 106 valence electrons. The zero-order valence-electron chi connectivity index (χ0n) is 11.7. The number of carbonyl (C=O) groups is 1. The fourth-order valence-electron chi connectivity index (χ4n) is 2.54. The molecular weight excluding hydrogens is 284 g/mol. The van der Waals surface area contributed by atoms with Crippen molar-refractivity contribution >= 4 is 34.6 Å². The molecule has 0 aromatic heterocycles. The highest BCUT2D eigenvalue weighted by Gasteiger charge is 2.24. The first kappa shape index (κ1) is 13.8. The molecule has 0 saturated carbocycles. The van der Waals surface area contributed by atoms with Gasteiger partial charge in [-0.05, 0) is 25.1 Å². The van der Waals surface area contributed by atoms with Crippen LogP contribution in [0.25, 0.3) is 0 Å². The maximum Gasteiger partial charge on any atom is 0.233 e. The number of hydrogen-bond donors (Lipinski definition) is 0. The number of amides is 1. The van der Waals surface area contributed by atoms with Crippen LogP contribution in [-0.4, -0.2) is 18.2 Å². The molecule has 0 aliphatic carbocycles. The average Bonchev–Trinajstić information content (AvgIpc) is 2.63. The van der Waals surface area contributed by atoms with E-state index in [0.29, 0.717) is 17.3 Å². The van der Waals surface area contributed by atoms with Gasteiger partial charge in [-0.25, -0.2) is 0 Å². The Balaban J connectivity index is 2.15. The number of aliphatic imine (C=N–C) groups is 1. The Bertz CT molecular complexity index is 724. The van der Waals surface area contributed by atoms with E-state index in [1.54, 1.807) is 4.90 Å². The van der Waals surface area contributed by atoms with Crippen molar-refractivity contribution in [1.82, 2.24) is 0 Å². The second-order valence-corrected chi connectivity index (χ2v) is 5.25. The van der Waals surface area contributed by atoms with Crippen molar-refractivity contribution in [3.63, 3.8) is 0 Å².